The predicted octanol–water partition coefficient (Wildman–Crippen LogP) is 4.50. The maximum Gasteiger partial charge on any atom is 0.291 e. The van der Waals surface area contributed by atoms with Crippen LogP contribution >= 0.6 is 0 Å². The lowest BCUT2D eigenvalue weighted by molar-refractivity contribution is 0.0995. The van der Waals surface area contributed by atoms with Gasteiger partial charge in [-0.1, -0.05) is 18.9 Å². The van der Waals surface area contributed by atoms with Gasteiger partial charge in [0.2, 0.25) is 0 Å². The van der Waals surface area contributed by atoms with E-state index in [1.54, 1.807) is 54.6 Å². The average Bonchev–Trinajstić information content (AvgIpc) is 3.49. The van der Waals surface area contributed by atoms with E-state index in [4.69, 9.17) is 4.42 Å². The zero-order valence-corrected chi connectivity index (χ0v) is 17.5. The van der Waals surface area contributed by atoms with E-state index in [0.717, 1.165) is 12.8 Å². The van der Waals surface area contributed by atoms with Gasteiger partial charge in [0.05, 0.1) is 16.4 Å². The zero-order chi connectivity index (χ0) is 21.8. The van der Waals surface area contributed by atoms with Crippen LogP contribution in [0.1, 0.15) is 46.6 Å². The fraction of sp³-hybridized carbons (Fsp3) is 0.217. The molecular formula is C23H22N2O5S. The van der Waals surface area contributed by atoms with Gasteiger partial charge in [-0.15, -0.1) is 0 Å². The Morgan fingerprint density at radius 1 is 0.839 bits per heavy atom. The Bertz CT molecular complexity index is 1180. The topological polar surface area (TPSA) is 105 Å². The van der Waals surface area contributed by atoms with Crippen molar-refractivity contribution in [3.8, 4) is 0 Å². The summed E-state index contributed by atoms with van der Waals surface area (Å²) >= 11 is 0. The van der Waals surface area contributed by atoms with E-state index in [1.807, 2.05) is 0 Å². The third kappa shape index (κ3) is 4.69. The lowest BCUT2D eigenvalue weighted by atomic mass is 10.2. The number of anilines is 2. The summed E-state index contributed by atoms with van der Waals surface area (Å²) in [6.07, 6.45) is 4.64. The monoisotopic (exact) mass is 438 g/mol. The minimum Gasteiger partial charge on any atom is -0.459 e. The Kier molecular flexibility index (Phi) is 5.90. The molecule has 1 aromatic heterocycles. The molecule has 0 bridgehead atoms. The summed E-state index contributed by atoms with van der Waals surface area (Å²) in [5.41, 5.74) is 1.31. The van der Waals surface area contributed by atoms with Crippen LogP contribution in [0.5, 0.6) is 0 Å². The van der Waals surface area contributed by atoms with Crippen molar-refractivity contribution in [2.45, 2.75) is 35.8 Å². The highest BCUT2D eigenvalue weighted by atomic mass is 32.2. The molecule has 4 rings (SSSR count). The molecule has 1 heterocycles. The van der Waals surface area contributed by atoms with Gasteiger partial charge in [0.15, 0.2) is 15.6 Å². The second-order valence-corrected chi connectivity index (χ2v) is 9.67. The van der Waals surface area contributed by atoms with E-state index in [9.17, 15) is 18.0 Å². The van der Waals surface area contributed by atoms with Crippen LogP contribution in [0.15, 0.2) is 76.2 Å². The molecule has 1 aliphatic rings. The third-order valence-electron chi connectivity index (χ3n) is 5.31. The van der Waals surface area contributed by atoms with Crippen LogP contribution in [0.25, 0.3) is 0 Å². The van der Waals surface area contributed by atoms with Gasteiger partial charge in [-0.3, -0.25) is 9.59 Å². The summed E-state index contributed by atoms with van der Waals surface area (Å²) in [6, 6.07) is 15.9. The number of benzene rings is 2. The quantitative estimate of drug-likeness (QED) is 0.589. The number of hydrogen-bond acceptors (Lipinski definition) is 5. The summed E-state index contributed by atoms with van der Waals surface area (Å²) < 4.78 is 30.6. The molecule has 2 N–H and O–H groups in total. The fourth-order valence-electron chi connectivity index (χ4n) is 3.65. The molecule has 1 fully saturated rings. The molecule has 0 radical (unpaired) electrons. The smallest absolute Gasteiger partial charge is 0.291 e. The number of rotatable bonds is 6. The molecule has 1 aliphatic carbocycles. The summed E-state index contributed by atoms with van der Waals surface area (Å²) in [6.45, 7) is 0. The van der Waals surface area contributed by atoms with Gasteiger partial charge < -0.3 is 15.1 Å². The largest absolute Gasteiger partial charge is 0.459 e. The van der Waals surface area contributed by atoms with Crippen LogP contribution in [-0.4, -0.2) is 25.5 Å². The Hall–Kier alpha value is -3.39. The number of furan rings is 1. The summed E-state index contributed by atoms with van der Waals surface area (Å²) in [4.78, 5) is 24.8. The molecular weight excluding hydrogens is 416 g/mol. The molecule has 31 heavy (non-hydrogen) atoms. The van der Waals surface area contributed by atoms with E-state index >= 15 is 0 Å². The molecule has 0 aliphatic heterocycles. The first kappa shape index (κ1) is 20.9. The number of hydrogen-bond donors (Lipinski definition) is 2. The standard InChI is InChI=1S/C23H22N2O5S/c26-22(16-10-12-17(13-11-16)24-23(27)21-9-4-14-30-21)25-18-5-3-8-20(15-18)31(28,29)19-6-1-2-7-19/h3-5,8-15,19H,1-2,6-7H2,(H,24,27)(H,25,26). The van der Waals surface area contributed by atoms with Gasteiger partial charge in [0, 0.05) is 16.9 Å². The van der Waals surface area contributed by atoms with Crippen LogP contribution in [0, 0.1) is 0 Å². The maximum absolute atomic E-state index is 12.8. The number of carbonyl (C=O) groups excluding carboxylic acids is 2. The fourth-order valence-corrected chi connectivity index (χ4v) is 5.55. The van der Waals surface area contributed by atoms with Crippen LogP contribution in [0.4, 0.5) is 11.4 Å². The number of sulfone groups is 1. The van der Waals surface area contributed by atoms with Crippen molar-refractivity contribution in [1.29, 1.82) is 0 Å². The molecule has 160 valence electrons. The van der Waals surface area contributed by atoms with Crippen LogP contribution in [0.2, 0.25) is 0 Å². The van der Waals surface area contributed by atoms with Crippen molar-refractivity contribution in [3.05, 3.63) is 78.3 Å². The van der Waals surface area contributed by atoms with Gasteiger partial charge in [0.25, 0.3) is 11.8 Å². The Morgan fingerprint density at radius 3 is 2.23 bits per heavy atom. The lowest BCUT2D eigenvalue weighted by Crippen LogP contribution is -2.18. The first-order valence-corrected chi connectivity index (χ1v) is 11.6. The van der Waals surface area contributed by atoms with Crippen molar-refractivity contribution in [2.75, 3.05) is 10.6 Å². The summed E-state index contributed by atoms with van der Waals surface area (Å²) in [5.74, 6) is -0.573. The summed E-state index contributed by atoms with van der Waals surface area (Å²) in [5, 5.41) is 5.07. The van der Waals surface area contributed by atoms with Crippen molar-refractivity contribution in [3.63, 3.8) is 0 Å². The van der Waals surface area contributed by atoms with Gasteiger partial charge in [-0.05, 0) is 67.4 Å². The minimum absolute atomic E-state index is 0.189. The second-order valence-electron chi connectivity index (χ2n) is 7.44. The molecule has 2 aromatic carbocycles. The second kappa shape index (κ2) is 8.77. The molecule has 0 spiro atoms. The van der Waals surface area contributed by atoms with Crippen molar-refractivity contribution < 1.29 is 22.4 Å². The van der Waals surface area contributed by atoms with Crippen molar-refractivity contribution in [2.24, 2.45) is 0 Å². The lowest BCUT2D eigenvalue weighted by Gasteiger charge is -2.13. The number of nitrogens with one attached hydrogen (secondary N) is 2. The average molecular weight is 439 g/mol. The van der Waals surface area contributed by atoms with E-state index in [1.165, 1.54) is 12.3 Å². The predicted molar refractivity (Wildman–Crippen MR) is 117 cm³/mol. The van der Waals surface area contributed by atoms with Crippen LogP contribution < -0.4 is 10.6 Å². The number of carbonyl (C=O) groups is 2. The third-order valence-corrected chi connectivity index (χ3v) is 7.57. The van der Waals surface area contributed by atoms with Gasteiger partial charge in [0.1, 0.15) is 0 Å². The van der Waals surface area contributed by atoms with E-state index < -0.39 is 9.84 Å². The van der Waals surface area contributed by atoms with Gasteiger partial charge in [-0.25, -0.2) is 8.42 Å². The molecule has 3 aromatic rings. The van der Waals surface area contributed by atoms with E-state index in [2.05, 4.69) is 10.6 Å². The molecule has 7 nitrogen and oxygen atoms in total. The minimum atomic E-state index is -3.40. The normalized spacial score (nSPS) is 14.3. The van der Waals surface area contributed by atoms with Crippen molar-refractivity contribution in [1.82, 2.24) is 0 Å². The Morgan fingerprint density at radius 2 is 1.55 bits per heavy atom. The molecule has 0 atom stereocenters. The molecule has 0 saturated heterocycles. The number of amides is 2. The van der Waals surface area contributed by atoms with Gasteiger partial charge in [-0.2, -0.15) is 0 Å². The molecule has 0 unspecified atom stereocenters. The van der Waals surface area contributed by atoms with Crippen LogP contribution in [-0.2, 0) is 9.84 Å². The molecule has 2 amide bonds. The Labute approximate surface area is 180 Å². The first-order chi connectivity index (χ1) is 14.9. The maximum atomic E-state index is 12.8. The first-order valence-electron chi connectivity index (χ1n) is 10.0. The molecule has 8 heteroatoms. The SMILES string of the molecule is O=C(Nc1cccc(S(=O)(=O)C2CCCC2)c1)c1ccc(NC(=O)c2ccco2)cc1. The summed E-state index contributed by atoms with van der Waals surface area (Å²) in [7, 11) is -3.40. The van der Waals surface area contributed by atoms with Crippen LogP contribution in [0.3, 0.4) is 0 Å². The van der Waals surface area contributed by atoms with Gasteiger partial charge >= 0.3 is 0 Å². The Balaban J connectivity index is 1.43. The highest BCUT2D eigenvalue weighted by Crippen LogP contribution is 2.30. The van der Waals surface area contributed by atoms with E-state index in [-0.39, 0.29) is 27.7 Å². The molecule has 1 saturated carbocycles. The zero-order valence-electron chi connectivity index (χ0n) is 16.7. The highest BCUT2D eigenvalue weighted by molar-refractivity contribution is 7.92. The van der Waals surface area contributed by atoms with Crippen molar-refractivity contribution >= 4 is 33.0 Å². The highest BCUT2D eigenvalue weighted by Gasteiger charge is 2.30. The van der Waals surface area contributed by atoms with E-state index in [0.29, 0.717) is 29.8 Å².